The van der Waals surface area contributed by atoms with Crippen LogP contribution in [-0.2, 0) is 4.74 Å². The standard InChI is InChI=1S/C24H40N2O3/c1-18(2)23-10-5-19(3)15-24(23)29-17-21(27)16-25-11-13-26(14-12-25)20-6-8-22(28-4)9-7-20/h6-9,18-19,21,23-24,27H,5,10-17H2,1-4H3/p+1/t19-,21+,23+,24+/m0/s1. The zero-order valence-electron chi connectivity index (χ0n) is 18.8. The molecular formula is C24H41N2O3+. The van der Waals surface area contributed by atoms with Crippen LogP contribution < -0.4 is 14.5 Å². The van der Waals surface area contributed by atoms with Gasteiger partial charge in [0.15, 0.2) is 0 Å². The summed E-state index contributed by atoms with van der Waals surface area (Å²) >= 11 is 0. The van der Waals surface area contributed by atoms with Crippen molar-refractivity contribution in [3.05, 3.63) is 24.3 Å². The lowest BCUT2D eigenvalue weighted by atomic mass is 9.75. The average molecular weight is 406 g/mol. The molecule has 1 saturated heterocycles. The summed E-state index contributed by atoms with van der Waals surface area (Å²) in [6, 6.07) is 8.30. The number of ether oxygens (including phenoxy) is 2. The van der Waals surface area contributed by atoms with Gasteiger partial charge in [0.25, 0.3) is 0 Å². The molecule has 0 unspecified atom stereocenters. The van der Waals surface area contributed by atoms with Gasteiger partial charge in [-0.3, -0.25) is 0 Å². The molecule has 2 N–H and O–H groups in total. The molecular weight excluding hydrogens is 364 g/mol. The average Bonchev–Trinajstić information content (AvgIpc) is 2.73. The molecule has 2 aliphatic rings. The van der Waals surface area contributed by atoms with Crippen LogP contribution in [0.25, 0.3) is 0 Å². The Morgan fingerprint density at radius 1 is 1.14 bits per heavy atom. The van der Waals surface area contributed by atoms with E-state index >= 15 is 0 Å². The van der Waals surface area contributed by atoms with Crippen molar-refractivity contribution in [2.24, 2.45) is 17.8 Å². The van der Waals surface area contributed by atoms with Crippen LogP contribution in [-0.4, -0.2) is 63.8 Å². The van der Waals surface area contributed by atoms with Gasteiger partial charge in [0.05, 0.1) is 46.0 Å². The van der Waals surface area contributed by atoms with Gasteiger partial charge in [-0.25, -0.2) is 0 Å². The Balaban J connectivity index is 1.40. The first-order chi connectivity index (χ1) is 14.0. The quantitative estimate of drug-likeness (QED) is 0.696. The summed E-state index contributed by atoms with van der Waals surface area (Å²) in [7, 11) is 1.70. The Hall–Kier alpha value is -1.30. The maximum atomic E-state index is 10.6. The van der Waals surface area contributed by atoms with Crippen LogP contribution in [0.15, 0.2) is 24.3 Å². The molecule has 1 aliphatic carbocycles. The molecule has 0 aromatic heterocycles. The number of methoxy groups -OCH3 is 1. The first-order valence-electron chi connectivity index (χ1n) is 11.5. The van der Waals surface area contributed by atoms with E-state index in [-0.39, 0.29) is 6.10 Å². The zero-order valence-corrected chi connectivity index (χ0v) is 18.8. The minimum absolute atomic E-state index is 0.315. The van der Waals surface area contributed by atoms with Crippen molar-refractivity contribution in [2.45, 2.75) is 52.2 Å². The van der Waals surface area contributed by atoms with Gasteiger partial charge in [-0.1, -0.05) is 27.2 Å². The van der Waals surface area contributed by atoms with E-state index in [4.69, 9.17) is 9.47 Å². The lowest BCUT2D eigenvalue weighted by Gasteiger charge is -2.38. The highest BCUT2D eigenvalue weighted by Crippen LogP contribution is 2.35. The largest absolute Gasteiger partial charge is 0.497 e. The van der Waals surface area contributed by atoms with E-state index in [1.54, 1.807) is 7.11 Å². The fourth-order valence-electron chi connectivity index (χ4n) is 5.01. The van der Waals surface area contributed by atoms with E-state index in [0.717, 1.165) is 50.8 Å². The number of quaternary nitrogens is 1. The van der Waals surface area contributed by atoms with Crippen LogP contribution in [0.2, 0.25) is 0 Å². The topological polar surface area (TPSA) is 46.4 Å². The van der Waals surface area contributed by atoms with E-state index in [1.807, 2.05) is 12.1 Å². The summed E-state index contributed by atoms with van der Waals surface area (Å²) in [6.07, 6.45) is 3.66. The molecule has 5 nitrogen and oxygen atoms in total. The molecule has 5 heteroatoms. The van der Waals surface area contributed by atoms with Crippen molar-refractivity contribution in [1.29, 1.82) is 0 Å². The Kier molecular flexibility index (Phi) is 8.22. The number of rotatable bonds is 8. The summed E-state index contributed by atoms with van der Waals surface area (Å²) in [6.45, 7) is 12.3. The molecule has 1 aromatic rings. The van der Waals surface area contributed by atoms with Gasteiger partial charge >= 0.3 is 0 Å². The summed E-state index contributed by atoms with van der Waals surface area (Å²) in [5.41, 5.74) is 1.25. The van der Waals surface area contributed by atoms with Gasteiger partial charge in [0.2, 0.25) is 0 Å². The molecule has 0 amide bonds. The molecule has 1 aromatic carbocycles. The highest BCUT2D eigenvalue weighted by atomic mass is 16.5. The van der Waals surface area contributed by atoms with Gasteiger partial charge in [0.1, 0.15) is 18.4 Å². The van der Waals surface area contributed by atoms with E-state index < -0.39 is 0 Å². The molecule has 3 rings (SSSR count). The molecule has 1 heterocycles. The maximum Gasteiger partial charge on any atom is 0.126 e. The summed E-state index contributed by atoms with van der Waals surface area (Å²) in [5.74, 6) is 2.93. The lowest BCUT2D eigenvalue weighted by molar-refractivity contribution is -0.903. The van der Waals surface area contributed by atoms with Crippen molar-refractivity contribution in [2.75, 3.05) is 51.3 Å². The van der Waals surface area contributed by atoms with Crippen molar-refractivity contribution < 1.29 is 19.5 Å². The van der Waals surface area contributed by atoms with Gasteiger partial charge in [-0.2, -0.15) is 0 Å². The van der Waals surface area contributed by atoms with Gasteiger partial charge < -0.3 is 24.4 Å². The van der Waals surface area contributed by atoms with E-state index in [9.17, 15) is 5.11 Å². The van der Waals surface area contributed by atoms with E-state index in [2.05, 4.69) is 37.8 Å². The van der Waals surface area contributed by atoms with Crippen molar-refractivity contribution in [1.82, 2.24) is 0 Å². The SMILES string of the molecule is COc1ccc(N2CC[NH+](C[C@@H](O)CO[C@@H]3C[C@@H](C)CC[C@@H]3C(C)C)CC2)cc1. The number of aliphatic hydroxyl groups is 1. The molecule has 0 spiro atoms. The van der Waals surface area contributed by atoms with Crippen LogP contribution in [0.5, 0.6) is 5.75 Å². The van der Waals surface area contributed by atoms with Crippen molar-refractivity contribution >= 4 is 5.69 Å². The number of hydrogen-bond acceptors (Lipinski definition) is 4. The second-order valence-electron chi connectivity index (χ2n) is 9.49. The third kappa shape index (κ3) is 6.34. The predicted molar refractivity (Wildman–Crippen MR) is 118 cm³/mol. The number of piperazine rings is 1. The lowest BCUT2D eigenvalue weighted by Crippen LogP contribution is -3.16. The minimum Gasteiger partial charge on any atom is -0.497 e. The molecule has 1 saturated carbocycles. The number of anilines is 1. The van der Waals surface area contributed by atoms with Crippen molar-refractivity contribution in [3.8, 4) is 5.75 Å². The summed E-state index contributed by atoms with van der Waals surface area (Å²) in [5, 5.41) is 10.6. The summed E-state index contributed by atoms with van der Waals surface area (Å²) in [4.78, 5) is 3.89. The number of nitrogens with zero attached hydrogens (tertiary/aromatic N) is 1. The summed E-state index contributed by atoms with van der Waals surface area (Å²) < 4.78 is 11.5. The molecule has 0 bridgehead atoms. The predicted octanol–water partition coefficient (Wildman–Crippen LogP) is 2.24. The Labute approximate surface area is 177 Å². The van der Waals surface area contributed by atoms with Crippen LogP contribution in [0.4, 0.5) is 5.69 Å². The fourth-order valence-corrected chi connectivity index (χ4v) is 5.01. The Morgan fingerprint density at radius 3 is 2.45 bits per heavy atom. The number of benzene rings is 1. The van der Waals surface area contributed by atoms with Gasteiger partial charge in [-0.05, 0) is 54.9 Å². The van der Waals surface area contributed by atoms with Gasteiger partial charge in [0, 0.05) is 5.69 Å². The van der Waals surface area contributed by atoms with E-state index in [1.165, 1.54) is 23.4 Å². The Morgan fingerprint density at radius 2 is 1.83 bits per heavy atom. The third-order valence-corrected chi connectivity index (χ3v) is 6.90. The highest BCUT2D eigenvalue weighted by molar-refractivity contribution is 5.49. The molecule has 164 valence electrons. The fraction of sp³-hybridized carbons (Fsp3) is 0.750. The minimum atomic E-state index is -0.373. The smallest absolute Gasteiger partial charge is 0.126 e. The monoisotopic (exact) mass is 405 g/mol. The molecule has 0 radical (unpaired) electrons. The van der Waals surface area contributed by atoms with Crippen LogP contribution in [0.3, 0.4) is 0 Å². The number of hydrogen-bond donors (Lipinski definition) is 2. The molecule has 4 atom stereocenters. The van der Waals surface area contributed by atoms with Crippen LogP contribution in [0.1, 0.15) is 40.0 Å². The number of aliphatic hydroxyl groups excluding tert-OH is 1. The molecule has 29 heavy (non-hydrogen) atoms. The second-order valence-corrected chi connectivity index (χ2v) is 9.49. The first-order valence-corrected chi connectivity index (χ1v) is 11.5. The first kappa shape index (κ1) is 22.4. The van der Waals surface area contributed by atoms with Crippen molar-refractivity contribution in [3.63, 3.8) is 0 Å². The number of nitrogens with one attached hydrogen (secondary N) is 1. The third-order valence-electron chi connectivity index (χ3n) is 6.90. The molecule has 2 fully saturated rings. The highest BCUT2D eigenvalue weighted by Gasteiger charge is 2.32. The van der Waals surface area contributed by atoms with Crippen LogP contribution >= 0.6 is 0 Å². The molecule has 1 aliphatic heterocycles. The normalized spacial score (nSPS) is 27.2. The zero-order chi connectivity index (χ0) is 20.8. The second kappa shape index (κ2) is 10.6. The Bertz CT molecular complexity index is 599. The van der Waals surface area contributed by atoms with Gasteiger partial charge in [-0.15, -0.1) is 0 Å². The van der Waals surface area contributed by atoms with Crippen LogP contribution in [0, 0.1) is 17.8 Å². The maximum absolute atomic E-state index is 10.6. The van der Waals surface area contributed by atoms with E-state index in [0.29, 0.717) is 24.5 Å².